The van der Waals surface area contributed by atoms with Gasteiger partial charge in [-0.15, -0.1) is 0 Å². The number of nitrogens with zero attached hydrogens (tertiary/aromatic N) is 1. The summed E-state index contributed by atoms with van der Waals surface area (Å²) < 4.78 is 5.54. The van der Waals surface area contributed by atoms with Gasteiger partial charge in [0, 0.05) is 26.3 Å². The van der Waals surface area contributed by atoms with Crippen molar-refractivity contribution < 1.29 is 9.84 Å². The van der Waals surface area contributed by atoms with E-state index in [2.05, 4.69) is 11.8 Å². The molecule has 90 valence electrons. The van der Waals surface area contributed by atoms with E-state index in [0.717, 1.165) is 32.7 Å². The van der Waals surface area contributed by atoms with Gasteiger partial charge >= 0.3 is 0 Å². The maximum absolute atomic E-state index is 8.84. The van der Waals surface area contributed by atoms with E-state index in [1.807, 2.05) is 0 Å². The average Bonchev–Trinajstić information content (AvgIpc) is 2.66. The molecule has 0 aromatic carbocycles. The molecular weight excluding hydrogens is 190 g/mol. The zero-order valence-corrected chi connectivity index (χ0v) is 9.95. The summed E-state index contributed by atoms with van der Waals surface area (Å²) in [5.41, 5.74) is 0. The first-order valence-electron chi connectivity index (χ1n) is 6.27. The molecule has 1 saturated heterocycles. The minimum Gasteiger partial charge on any atom is -0.396 e. The lowest BCUT2D eigenvalue weighted by Gasteiger charge is -2.15. The van der Waals surface area contributed by atoms with E-state index in [9.17, 15) is 0 Å². The van der Waals surface area contributed by atoms with Crippen LogP contribution in [0.25, 0.3) is 0 Å². The van der Waals surface area contributed by atoms with Crippen LogP contribution in [0, 0.1) is 5.92 Å². The third-order valence-corrected chi connectivity index (χ3v) is 3.10. The molecule has 1 heterocycles. The summed E-state index contributed by atoms with van der Waals surface area (Å²) in [6, 6.07) is 0. The zero-order valence-electron chi connectivity index (χ0n) is 9.95. The lowest BCUT2D eigenvalue weighted by atomic mass is 10.1. The van der Waals surface area contributed by atoms with Gasteiger partial charge in [0.25, 0.3) is 0 Å². The molecule has 15 heavy (non-hydrogen) atoms. The molecule has 1 aliphatic rings. The highest BCUT2D eigenvalue weighted by Gasteiger charge is 2.21. The Morgan fingerprint density at radius 1 is 1.40 bits per heavy atom. The van der Waals surface area contributed by atoms with Crippen LogP contribution in [0.4, 0.5) is 0 Å². The number of aliphatic hydroxyl groups is 1. The molecule has 1 rings (SSSR count). The molecule has 0 spiro atoms. The van der Waals surface area contributed by atoms with Crippen molar-refractivity contribution in [2.45, 2.75) is 32.6 Å². The summed E-state index contributed by atoms with van der Waals surface area (Å²) in [7, 11) is 0. The van der Waals surface area contributed by atoms with Gasteiger partial charge in [0.2, 0.25) is 0 Å². The van der Waals surface area contributed by atoms with Gasteiger partial charge in [0.15, 0.2) is 0 Å². The van der Waals surface area contributed by atoms with Crippen molar-refractivity contribution in [1.29, 1.82) is 0 Å². The maximum atomic E-state index is 8.84. The highest BCUT2D eigenvalue weighted by atomic mass is 16.5. The minimum atomic E-state index is 0.339. The van der Waals surface area contributed by atoms with Crippen LogP contribution in [-0.4, -0.2) is 49.5 Å². The first kappa shape index (κ1) is 12.9. The SMILES string of the molecule is CCCCOCCN1CCC(CCO)C1. The van der Waals surface area contributed by atoms with Gasteiger partial charge in [-0.3, -0.25) is 0 Å². The molecule has 0 radical (unpaired) electrons. The number of unbranched alkanes of at least 4 members (excludes halogenated alkanes) is 1. The molecule has 3 heteroatoms. The summed E-state index contributed by atoms with van der Waals surface area (Å²) in [4.78, 5) is 2.45. The molecular formula is C12H25NO2. The third-order valence-electron chi connectivity index (χ3n) is 3.10. The van der Waals surface area contributed by atoms with E-state index < -0.39 is 0 Å². The van der Waals surface area contributed by atoms with Crippen LogP contribution in [0.5, 0.6) is 0 Å². The second kappa shape index (κ2) is 8.08. The van der Waals surface area contributed by atoms with E-state index in [4.69, 9.17) is 9.84 Å². The molecule has 0 aliphatic carbocycles. The van der Waals surface area contributed by atoms with Crippen molar-refractivity contribution in [3.63, 3.8) is 0 Å². The summed E-state index contributed by atoms with van der Waals surface area (Å²) in [5.74, 6) is 0.714. The van der Waals surface area contributed by atoms with Crippen LogP contribution < -0.4 is 0 Å². The Bertz CT molecular complexity index is 153. The van der Waals surface area contributed by atoms with Crippen LogP contribution in [0.1, 0.15) is 32.6 Å². The van der Waals surface area contributed by atoms with Gasteiger partial charge in [-0.2, -0.15) is 0 Å². The molecule has 0 amide bonds. The van der Waals surface area contributed by atoms with Crippen LogP contribution in [0.3, 0.4) is 0 Å². The number of rotatable bonds is 8. The van der Waals surface area contributed by atoms with Crippen molar-refractivity contribution in [3.8, 4) is 0 Å². The fraction of sp³-hybridized carbons (Fsp3) is 1.00. The van der Waals surface area contributed by atoms with E-state index in [1.165, 1.54) is 25.8 Å². The Labute approximate surface area is 93.4 Å². The van der Waals surface area contributed by atoms with Crippen molar-refractivity contribution in [2.24, 2.45) is 5.92 Å². The lowest BCUT2D eigenvalue weighted by Crippen LogP contribution is -2.25. The van der Waals surface area contributed by atoms with Crippen LogP contribution in [0.2, 0.25) is 0 Å². The third kappa shape index (κ3) is 5.50. The highest BCUT2D eigenvalue weighted by Crippen LogP contribution is 2.18. The maximum Gasteiger partial charge on any atom is 0.0593 e. The summed E-state index contributed by atoms with van der Waals surface area (Å²) >= 11 is 0. The van der Waals surface area contributed by atoms with E-state index >= 15 is 0 Å². The molecule has 0 bridgehead atoms. The molecule has 1 atom stereocenters. The topological polar surface area (TPSA) is 32.7 Å². The van der Waals surface area contributed by atoms with Crippen molar-refractivity contribution >= 4 is 0 Å². The van der Waals surface area contributed by atoms with E-state index in [-0.39, 0.29) is 0 Å². The summed E-state index contributed by atoms with van der Waals surface area (Å²) in [5, 5.41) is 8.84. The van der Waals surface area contributed by atoms with E-state index in [0.29, 0.717) is 12.5 Å². The Balaban J connectivity index is 1.94. The monoisotopic (exact) mass is 215 g/mol. The Morgan fingerprint density at radius 2 is 2.27 bits per heavy atom. The lowest BCUT2D eigenvalue weighted by molar-refractivity contribution is 0.107. The number of aliphatic hydroxyl groups excluding tert-OH is 1. The number of hydrogen-bond donors (Lipinski definition) is 1. The largest absolute Gasteiger partial charge is 0.396 e. The van der Waals surface area contributed by atoms with Gasteiger partial charge in [0.05, 0.1) is 6.61 Å². The highest BCUT2D eigenvalue weighted by molar-refractivity contribution is 4.74. The van der Waals surface area contributed by atoms with Crippen LogP contribution >= 0.6 is 0 Å². The van der Waals surface area contributed by atoms with Crippen LogP contribution in [-0.2, 0) is 4.74 Å². The fourth-order valence-corrected chi connectivity index (χ4v) is 2.08. The molecule has 0 aromatic heterocycles. The van der Waals surface area contributed by atoms with Crippen molar-refractivity contribution in [1.82, 2.24) is 4.90 Å². The Kier molecular flexibility index (Phi) is 6.98. The first-order valence-corrected chi connectivity index (χ1v) is 6.27. The van der Waals surface area contributed by atoms with Gasteiger partial charge in [-0.1, -0.05) is 13.3 Å². The fourth-order valence-electron chi connectivity index (χ4n) is 2.08. The zero-order chi connectivity index (χ0) is 10.9. The Morgan fingerprint density at radius 3 is 3.00 bits per heavy atom. The number of likely N-dealkylation sites (tertiary alicyclic amines) is 1. The molecule has 1 aliphatic heterocycles. The van der Waals surface area contributed by atoms with Crippen molar-refractivity contribution in [3.05, 3.63) is 0 Å². The molecule has 0 aromatic rings. The normalized spacial score (nSPS) is 22.4. The number of hydrogen-bond acceptors (Lipinski definition) is 3. The summed E-state index contributed by atoms with van der Waals surface area (Å²) in [6.07, 6.45) is 4.60. The van der Waals surface area contributed by atoms with Gasteiger partial charge in [-0.05, 0) is 31.7 Å². The second-order valence-electron chi connectivity index (χ2n) is 4.43. The smallest absolute Gasteiger partial charge is 0.0593 e. The Hall–Kier alpha value is -0.120. The standard InChI is InChI=1S/C12H25NO2/c1-2-3-9-15-10-7-13-6-4-12(11-13)5-8-14/h12,14H,2-11H2,1H3. The first-order chi connectivity index (χ1) is 7.36. The quantitative estimate of drug-likeness (QED) is 0.623. The molecule has 3 nitrogen and oxygen atoms in total. The predicted molar refractivity (Wildman–Crippen MR) is 62.0 cm³/mol. The molecule has 1 fully saturated rings. The van der Waals surface area contributed by atoms with E-state index in [1.54, 1.807) is 0 Å². The van der Waals surface area contributed by atoms with Gasteiger partial charge < -0.3 is 14.7 Å². The van der Waals surface area contributed by atoms with Gasteiger partial charge in [-0.25, -0.2) is 0 Å². The second-order valence-corrected chi connectivity index (χ2v) is 4.43. The predicted octanol–water partition coefficient (Wildman–Crippen LogP) is 1.51. The molecule has 1 unspecified atom stereocenters. The molecule has 1 N–H and O–H groups in total. The number of ether oxygens (including phenoxy) is 1. The van der Waals surface area contributed by atoms with Crippen LogP contribution in [0.15, 0.2) is 0 Å². The minimum absolute atomic E-state index is 0.339. The molecule has 0 saturated carbocycles. The van der Waals surface area contributed by atoms with Gasteiger partial charge in [0.1, 0.15) is 0 Å². The summed E-state index contributed by atoms with van der Waals surface area (Å²) in [6.45, 7) is 7.69. The van der Waals surface area contributed by atoms with Crippen molar-refractivity contribution in [2.75, 3.05) is 39.5 Å². The average molecular weight is 215 g/mol.